The van der Waals surface area contributed by atoms with Crippen LogP contribution in [-0.2, 0) is 4.79 Å². The van der Waals surface area contributed by atoms with Gasteiger partial charge in [-0.3, -0.25) is 9.80 Å². The number of nitriles is 1. The third-order valence-corrected chi connectivity index (χ3v) is 5.24. The van der Waals surface area contributed by atoms with Gasteiger partial charge in [0, 0.05) is 19.5 Å². The van der Waals surface area contributed by atoms with Crippen LogP contribution in [0, 0.1) is 17.2 Å². The average molecular weight is 365 g/mol. The predicted octanol–water partition coefficient (Wildman–Crippen LogP) is 2.88. The molecule has 1 saturated carbocycles. The fraction of sp³-hybridized carbons (Fsp3) is 0.875. The van der Waals surface area contributed by atoms with E-state index in [9.17, 15) is 10.1 Å². The van der Waals surface area contributed by atoms with Crippen LogP contribution in [-0.4, -0.2) is 41.5 Å². The molecule has 2 aliphatic rings. The van der Waals surface area contributed by atoms with E-state index in [2.05, 4.69) is 11.0 Å². The number of rotatable bonds is 4. The summed E-state index contributed by atoms with van der Waals surface area (Å²) in [5.74, 6) is 6.65. The molecule has 5 nitrogen and oxygen atoms in total. The number of amides is 1. The Hall–Kier alpha value is -0.540. The van der Waals surface area contributed by atoms with Crippen LogP contribution in [0.1, 0.15) is 57.8 Å². The normalized spacial score (nSPS) is 21.4. The lowest BCUT2D eigenvalue weighted by Gasteiger charge is -2.41. The molecule has 2 rings (SSSR count). The molecule has 0 aromatic carbocycles. The van der Waals surface area contributed by atoms with Crippen LogP contribution >= 0.6 is 24.8 Å². The zero-order valence-electron chi connectivity index (χ0n) is 14.0. The number of hydrogen-bond donors (Lipinski definition) is 1. The highest BCUT2D eigenvalue weighted by Gasteiger charge is 2.40. The van der Waals surface area contributed by atoms with E-state index in [0.717, 1.165) is 19.5 Å². The van der Waals surface area contributed by atoms with Crippen LogP contribution in [0.25, 0.3) is 0 Å². The van der Waals surface area contributed by atoms with Gasteiger partial charge in [0.1, 0.15) is 5.54 Å². The first-order valence-corrected chi connectivity index (χ1v) is 8.25. The minimum absolute atomic E-state index is 0. The van der Waals surface area contributed by atoms with Gasteiger partial charge in [0.2, 0.25) is 5.91 Å². The minimum atomic E-state index is -0.795. The SMILES string of the molecule is CN1CCC(C#N)(N(N)C(=O)CCC2CCCCC2)CC1.Cl.Cl. The maximum atomic E-state index is 12.4. The molecular formula is C16H30Cl2N4O. The lowest BCUT2D eigenvalue weighted by molar-refractivity contribution is -0.138. The Kier molecular flexibility index (Phi) is 10.1. The summed E-state index contributed by atoms with van der Waals surface area (Å²) in [7, 11) is 2.03. The molecule has 1 aliphatic carbocycles. The molecule has 1 aliphatic heterocycles. The van der Waals surface area contributed by atoms with Gasteiger partial charge in [0.05, 0.1) is 6.07 Å². The molecular weight excluding hydrogens is 335 g/mol. The number of likely N-dealkylation sites (tertiary alicyclic amines) is 1. The van der Waals surface area contributed by atoms with Gasteiger partial charge in [-0.15, -0.1) is 24.8 Å². The topological polar surface area (TPSA) is 73.4 Å². The van der Waals surface area contributed by atoms with Crippen molar-refractivity contribution in [2.24, 2.45) is 11.8 Å². The summed E-state index contributed by atoms with van der Waals surface area (Å²) in [6, 6.07) is 2.31. The first-order valence-electron chi connectivity index (χ1n) is 8.25. The van der Waals surface area contributed by atoms with Crippen LogP contribution in [0.2, 0.25) is 0 Å². The van der Waals surface area contributed by atoms with Crippen molar-refractivity contribution in [1.29, 1.82) is 5.26 Å². The Morgan fingerprint density at radius 1 is 1.26 bits per heavy atom. The van der Waals surface area contributed by atoms with Gasteiger partial charge in [0.15, 0.2) is 0 Å². The molecule has 2 fully saturated rings. The summed E-state index contributed by atoms with van der Waals surface area (Å²) >= 11 is 0. The summed E-state index contributed by atoms with van der Waals surface area (Å²) in [6.07, 6.45) is 9.10. The maximum Gasteiger partial charge on any atom is 0.237 e. The number of hydrogen-bond acceptors (Lipinski definition) is 4. The summed E-state index contributed by atoms with van der Waals surface area (Å²) in [5, 5.41) is 10.8. The number of hydrazine groups is 1. The molecule has 0 radical (unpaired) electrons. The monoisotopic (exact) mass is 364 g/mol. The van der Waals surface area contributed by atoms with E-state index >= 15 is 0 Å². The Morgan fingerprint density at radius 3 is 2.35 bits per heavy atom. The second kappa shape index (κ2) is 10.4. The fourth-order valence-corrected chi connectivity index (χ4v) is 3.56. The highest BCUT2D eigenvalue weighted by Crippen LogP contribution is 2.29. The molecule has 23 heavy (non-hydrogen) atoms. The molecule has 0 atom stereocenters. The third kappa shape index (κ3) is 5.79. The van der Waals surface area contributed by atoms with Crippen LogP contribution in [0.5, 0.6) is 0 Å². The highest BCUT2D eigenvalue weighted by atomic mass is 35.5. The summed E-state index contributed by atoms with van der Waals surface area (Å²) in [5.41, 5.74) is -0.795. The highest BCUT2D eigenvalue weighted by molar-refractivity contribution is 5.85. The van der Waals surface area contributed by atoms with Gasteiger partial charge in [0.25, 0.3) is 0 Å². The molecule has 0 spiro atoms. The molecule has 2 N–H and O–H groups in total. The zero-order valence-corrected chi connectivity index (χ0v) is 15.6. The maximum absolute atomic E-state index is 12.4. The Labute approximate surface area is 152 Å². The predicted molar refractivity (Wildman–Crippen MR) is 96.4 cm³/mol. The zero-order chi connectivity index (χ0) is 15.3. The van der Waals surface area contributed by atoms with Gasteiger partial charge >= 0.3 is 0 Å². The van der Waals surface area contributed by atoms with Crippen molar-refractivity contribution < 1.29 is 4.79 Å². The van der Waals surface area contributed by atoms with E-state index in [4.69, 9.17) is 5.84 Å². The summed E-state index contributed by atoms with van der Waals surface area (Å²) in [6.45, 7) is 1.63. The van der Waals surface area contributed by atoms with Crippen molar-refractivity contribution in [3.63, 3.8) is 0 Å². The molecule has 0 aromatic heterocycles. The number of nitrogens with two attached hydrogens (primary N) is 1. The van der Waals surface area contributed by atoms with Gasteiger partial charge in [-0.05, 0) is 32.2 Å². The molecule has 134 valence electrons. The summed E-state index contributed by atoms with van der Waals surface area (Å²) < 4.78 is 0. The van der Waals surface area contributed by atoms with Gasteiger partial charge in [-0.25, -0.2) is 5.84 Å². The van der Waals surface area contributed by atoms with Crippen molar-refractivity contribution >= 4 is 30.7 Å². The van der Waals surface area contributed by atoms with E-state index in [1.165, 1.54) is 37.1 Å². The Morgan fingerprint density at radius 2 is 1.83 bits per heavy atom. The minimum Gasteiger partial charge on any atom is -0.306 e. The Bertz CT molecular complexity index is 399. The lowest BCUT2D eigenvalue weighted by Crippen LogP contribution is -2.59. The van der Waals surface area contributed by atoms with Gasteiger partial charge < -0.3 is 4.90 Å². The van der Waals surface area contributed by atoms with Crippen molar-refractivity contribution in [2.45, 2.75) is 63.3 Å². The van der Waals surface area contributed by atoms with Crippen molar-refractivity contribution in [3.05, 3.63) is 0 Å². The fourth-order valence-electron chi connectivity index (χ4n) is 3.56. The number of nitrogens with zero attached hydrogens (tertiary/aromatic N) is 3. The average Bonchev–Trinajstić information content (AvgIpc) is 2.54. The molecule has 0 unspecified atom stereocenters. The molecule has 1 heterocycles. The van der Waals surface area contributed by atoms with E-state index in [1.54, 1.807) is 0 Å². The number of piperidine rings is 1. The largest absolute Gasteiger partial charge is 0.306 e. The van der Waals surface area contributed by atoms with Crippen molar-refractivity contribution in [3.8, 4) is 6.07 Å². The lowest BCUT2D eigenvalue weighted by atomic mass is 9.85. The van der Waals surface area contributed by atoms with E-state index < -0.39 is 5.54 Å². The second-order valence-electron chi connectivity index (χ2n) is 6.75. The first kappa shape index (κ1) is 22.5. The summed E-state index contributed by atoms with van der Waals surface area (Å²) in [4.78, 5) is 14.5. The van der Waals surface area contributed by atoms with Crippen LogP contribution in [0.15, 0.2) is 0 Å². The van der Waals surface area contributed by atoms with E-state index in [0.29, 0.717) is 25.2 Å². The molecule has 7 heteroatoms. The molecule has 1 saturated heterocycles. The van der Waals surface area contributed by atoms with Gasteiger partial charge in [-0.2, -0.15) is 5.26 Å². The molecule has 0 aromatic rings. The standard InChI is InChI=1S/C16H28N4O.2ClH/c1-19-11-9-16(13-17,10-12-19)20(18)15(21)8-7-14-5-3-2-4-6-14;;/h14H,2-12,18H2,1H3;2*1H. The Balaban J connectivity index is 0.00000242. The van der Waals surface area contributed by atoms with E-state index in [-0.39, 0.29) is 30.7 Å². The van der Waals surface area contributed by atoms with Crippen molar-refractivity contribution in [2.75, 3.05) is 20.1 Å². The van der Waals surface area contributed by atoms with E-state index in [1.807, 2.05) is 7.05 Å². The van der Waals surface area contributed by atoms with Crippen LogP contribution in [0.4, 0.5) is 0 Å². The van der Waals surface area contributed by atoms with Crippen LogP contribution in [0.3, 0.4) is 0 Å². The van der Waals surface area contributed by atoms with Gasteiger partial charge in [-0.1, -0.05) is 32.1 Å². The quantitative estimate of drug-likeness (QED) is 0.472. The smallest absolute Gasteiger partial charge is 0.237 e. The number of halogens is 2. The van der Waals surface area contributed by atoms with Crippen LogP contribution < -0.4 is 5.84 Å². The van der Waals surface area contributed by atoms with Crippen molar-refractivity contribution in [1.82, 2.24) is 9.91 Å². The third-order valence-electron chi connectivity index (χ3n) is 5.24. The second-order valence-corrected chi connectivity index (χ2v) is 6.75. The number of carbonyl (C=O) groups excluding carboxylic acids is 1. The number of carbonyl (C=O) groups is 1. The molecule has 0 bridgehead atoms. The first-order chi connectivity index (χ1) is 10.1. The molecule has 1 amide bonds.